The van der Waals surface area contributed by atoms with Crippen molar-refractivity contribution in [2.45, 2.75) is 13.3 Å². The average molecular weight is 286 g/mol. The monoisotopic (exact) mass is 286 g/mol. The van der Waals surface area contributed by atoms with Gasteiger partial charge in [-0.15, -0.1) is 11.3 Å². The van der Waals surface area contributed by atoms with E-state index in [1.165, 1.54) is 17.4 Å². The summed E-state index contributed by atoms with van der Waals surface area (Å²) in [4.78, 5) is 18.4. The minimum atomic E-state index is -2.83. The number of halogens is 2. The Balaban J connectivity index is 2.40. The normalized spacial score (nSPS) is 17.1. The molecule has 1 aromatic rings. The number of hydrogen-bond donors (Lipinski definition) is 0. The fourth-order valence-corrected chi connectivity index (χ4v) is 2.60. The Labute approximate surface area is 113 Å². The molecule has 0 aliphatic carbocycles. The third-order valence-corrected chi connectivity index (χ3v) is 3.94. The molecule has 7 heteroatoms. The number of hydrogen-bond acceptors (Lipinski definition) is 5. The highest BCUT2D eigenvalue weighted by molar-refractivity contribution is 7.17. The highest BCUT2D eigenvalue weighted by atomic mass is 32.1. The number of alkyl halides is 2. The fraction of sp³-hybridized carbons (Fsp3) is 0.333. The van der Waals surface area contributed by atoms with E-state index < -0.39 is 18.1 Å². The maximum atomic E-state index is 12.7. The number of anilines is 1. The number of rotatable bonds is 3. The van der Waals surface area contributed by atoms with Crippen molar-refractivity contribution in [3.63, 3.8) is 0 Å². The Hall–Kier alpha value is -1.76. The molecule has 0 amide bonds. The van der Waals surface area contributed by atoms with Gasteiger partial charge in [-0.05, 0) is 24.6 Å². The maximum absolute atomic E-state index is 12.7. The van der Waals surface area contributed by atoms with Gasteiger partial charge in [0.25, 0.3) is 6.43 Å². The molecule has 0 radical (unpaired) electrons. The summed E-state index contributed by atoms with van der Waals surface area (Å²) in [7, 11) is 3.77. The van der Waals surface area contributed by atoms with Crippen LogP contribution in [0.15, 0.2) is 16.8 Å². The molecule has 0 fully saturated rings. The van der Waals surface area contributed by atoms with Gasteiger partial charge >= 0.3 is 5.97 Å². The first-order valence-corrected chi connectivity index (χ1v) is 6.29. The summed E-state index contributed by atoms with van der Waals surface area (Å²) in [6.07, 6.45) is -1.42. The zero-order valence-electron chi connectivity index (χ0n) is 10.6. The van der Waals surface area contributed by atoms with Crippen LogP contribution in [-0.4, -0.2) is 32.2 Å². The molecule has 1 aliphatic rings. The summed E-state index contributed by atoms with van der Waals surface area (Å²) in [5, 5.41) is 4.09. The van der Waals surface area contributed by atoms with Crippen molar-refractivity contribution in [2.75, 3.05) is 19.0 Å². The van der Waals surface area contributed by atoms with E-state index in [2.05, 4.69) is 9.99 Å². The summed E-state index contributed by atoms with van der Waals surface area (Å²) in [6.45, 7) is 1.86. The van der Waals surface area contributed by atoms with Crippen LogP contribution in [0.2, 0.25) is 0 Å². The number of carbonyl (C=O) groups excluding carboxylic acids is 1. The molecule has 0 N–H and O–H groups in total. The van der Waals surface area contributed by atoms with Gasteiger partial charge in [-0.25, -0.2) is 13.6 Å². The molecule has 1 aliphatic heterocycles. The second kappa shape index (κ2) is 5.08. The average Bonchev–Trinajstić information content (AvgIpc) is 2.85. The highest BCUT2D eigenvalue weighted by Crippen LogP contribution is 2.31. The Morgan fingerprint density at radius 2 is 2.16 bits per heavy atom. The lowest BCUT2D eigenvalue weighted by Gasteiger charge is -2.06. The molecule has 0 saturated heterocycles. The fourth-order valence-electron chi connectivity index (χ4n) is 1.56. The molecule has 0 spiro atoms. The molecule has 2 heterocycles. The molecule has 0 bridgehead atoms. The molecule has 0 saturated carbocycles. The van der Waals surface area contributed by atoms with Gasteiger partial charge in [0.15, 0.2) is 5.71 Å². The van der Waals surface area contributed by atoms with Crippen molar-refractivity contribution < 1.29 is 18.4 Å². The molecule has 4 nitrogen and oxygen atoms in total. The quantitative estimate of drug-likeness (QED) is 0.633. The van der Waals surface area contributed by atoms with Crippen LogP contribution in [0.3, 0.4) is 0 Å². The summed E-state index contributed by atoms with van der Waals surface area (Å²) in [5.41, 5.74) is 0.129. The van der Waals surface area contributed by atoms with Crippen molar-refractivity contribution >= 4 is 34.1 Å². The number of aryl methyl sites for hydroxylation is 1. The molecule has 0 unspecified atom stereocenters. The lowest BCUT2D eigenvalue weighted by atomic mass is 10.1. The molecule has 19 heavy (non-hydrogen) atoms. The van der Waals surface area contributed by atoms with Crippen LogP contribution in [-0.2, 0) is 9.63 Å². The van der Waals surface area contributed by atoms with Crippen LogP contribution in [0.1, 0.15) is 10.4 Å². The van der Waals surface area contributed by atoms with Gasteiger partial charge in [0.2, 0.25) is 0 Å². The topological polar surface area (TPSA) is 41.9 Å². The van der Waals surface area contributed by atoms with Crippen molar-refractivity contribution in [3.05, 3.63) is 22.1 Å². The summed E-state index contributed by atoms with van der Waals surface area (Å²) < 4.78 is 25.4. The second-order valence-corrected chi connectivity index (χ2v) is 5.30. The summed E-state index contributed by atoms with van der Waals surface area (Å²) in [6, 6.07) is 1.93. The summed E-state index contributed by atoms with van der Waals surface area (Å²) >= 11 is 1.41. The van der Waals surface area contributed by atoms with E-state index >= 15 is 0 Å². The van der Waals surface area contributed by atoms with Crippen molar-refractivity contribution in [1.82, 2.24) is 0 Å². The van der Waals surface area contributed by atoms with E-state index in [-0.39, 0.29) is 5.57 Å². The summed E-state index contributed by atoms with van der Waals surface area (Å²) in [5.74, 6) is -0.838. The van der Waals surface area contributed by atoms with E-state index in [1.54, 1.807) is 0 Å². The third kappa shape index (κ3) is 2.65. The van der Waals surface area contributed by atoms with Crippen LogP contribution < -0.4 is 4.90 Å². The largest absolute Gasteiger partial charge is 0.370 e. The second-order valence-electron chi connectivity index (χ2n) is 4.24. The van der Waals surface area contributed by atoms with E-state index in [1.807, 2.05) is 32.0 Å². The maximum Gasteiger partial charge on any atom is 0.367 e. The van der Waals surface area contributed by atoms with Gasteiger partial charge in [-0.1, -0.05) is 5.16 Å². The van der Waals surface area contributed by atoms with E-state index in [0.29, 0.717) is 0 Å². The van der Waals surface area contributed by atoms with Crippen LogP contribution in [0.4, 0.5) is 13.8 Å². The minimum absolute atomic E-state index is 0.176. The Bertz CT molecular complexity index is 576. The first-order chi connectivity index (χ1) is 8.90. The molecule has 0 aromatic carbocycles. The van der Waals surface area contributed by atoms with E-state index in [4.69, 9.17) is 0 Å². The Kier molecular flexibility index (Phi) is 3.66. The number of carbonyl (C=O) groups is 1. The van der Waals surface area contributed by atoms with Gasteiger partial charge < -0.3 is 9.74 Å². The molecule has 2 rings (SSSR count). The molecule has 1 aromatic heterocycles. The van der Waals surface area contributed by atoms with Gasteiger partial charge in [0.1, 0.15) is 0 Å². The van der Waals surface area contributed by atoms with Gasteiger partial charge in [-0.3, -0.25) is 0 Å². The molecular formula is C12H12F2N2O2S. The highest BCUT2D eigenvalue weighted by Gasteiger charge is 2.32. The first kappa shape index (κ1) is 13.7. The predicted molar refractivity (Wildman–Crippen MR) is 70.9 cm³/mol. The molecule has 102 valence electrons. The van der Waals surface area contributed by atoms with Gasteiger partial charge in [0.05, 0.1) is 10.6 Å². The minimum Gasteiger partial charge on any atom is -0.370 e. The Morgan fingerprint density at radius 1 is 1.47 bits per heavy atom. The lowest BCUT2D eigenvalue weighted by molar-refractivity contribution is -0.136. The van der Waals surface area contributed by atoms with Crippen LogP contribution >= 0.6 is 11.3 Å². The standard InChI is InChI=1S/C12H12F2N2O2S/c1-6-4-9(16(2)3)19-8(6)5-7-10(11(13)14)15-18-12(7)17/h4-5,11H,1-3H3. The number of nitrogens with zero attached hydrogens (tertiary/aromatic N) is 2. The van der Waals surface area contributed by atoms with Crippen LogP contribution in [0, 0.1) is 6.92 Å². The predicted octanol–water partition coefficient (Wildman–Crippen LogP) is 2.68. The molecule has 0 atom stereocenters. The van der Waals surface area contributed by atoms with Crippen LogP contribution in [0.5, 0.6) is 0 Å². The smallest absolute Gasteiger partial charge is 0.367 e. The first-order valence-electron chi connectivity index (χ1n) is 5.47. The van der Waals surface area contributed by atoms with E-state index in [9.17, 15) is 13.6 Å². The van der Waals surface area contributed by atoms with Gasteiger partial charge in [0, 0.05) is 19.0 Å². The SMILES string of the molecule is Cc1cc(N(C)C)sc1C=C1C(=O)ON=C1C(F)F. The van der Waals surface area contributed by atoms with Gasteiger partial charge in [-0.2, -0.15) is 0 Å². The third-order valence-electron chi connectivity index (χ3n) is 2.59. The van der Waals surface area contributed by atoms with Crippen molar-refractivity contribution in [1.29, 1.82) is 0 Å². The lowest BCUT2D eigenvalue weighted by Crippen LogP contribution is -2.13. The number of oxime groups is 1. The zero-order valence-corrected chi connectivity index (χ0v) is 11.4. The van der Waals surface area contributed by atoms with Crippen molar-refractivity contribution in [2.24, 2.45) is 5.16 Å². The van der Waals surface area contributed by atoms with E-state index in [0.717, 1.165) is 15.4 Å². The zero-order chi connectivity index (χ0) is 14.2. The van der Waals surface area contributed by atoms with Crippen molar-refractivity contribution in [3.8, 4) is 0 Å². The molecular weight excluding hydrogens is 274 g/mol. The number of thiophene rings is 1. The Morgan fingerprint density at radius 3 is 2.68 bits per heavy atom. The van der Waals surface area contributed by atoms with Crippen LogP contribution in [0.25, 0.3) is 6.08 Å².